The first-order valence-electron chi connectivity index (χ1n) is 11.3. The van der Waals surface area contributed by atoms with E-state index in [2.05, 4.69) is 20.8 Å². The Hall–Kier alpha value is -1.45. The molecule has 4 heteroatoms. The van der Waals surface area contributed by atoms with E-state index in [1.165, 1.54) is 0 Å². The molecule has 1 unspecified atom stereocenters. The summed E-state index contributed by atoms with van der Waals surface area (Å²) in [6.45, 7) is 8.51. The Morgan fingerprint density at radius 3 is 2.50 bits per heavy atom. The average molecular weight is 387 g/mol. The van der Waals surface area contributed by atoms with E-state index in [1.54, 1.807) is 6.92 Å². The molecule has 3 fully saturated rings. The summed E-state index contributed by atoms with van der Waals surface area (Å²) in [4.78, 5) is 37.4. The van der Waals surface area contributed by atoms with Crippen molar-refractivity contribution in [3.05, 3.63) is 11.3 Å². The van der Waals surface area contributed by atoms with E-state index in [4.69, 9.17) is 4.74 Å². The molecule has 0 aromatic heterocycles. The van der Waals surface area contributed by atoms with Gasteiger partial charge in [0.25, 0.3) is 0 Å². The van der Waals surface area contributed by atoms with Gasteiger partial charge < -0.3 is 4.74 Å². The second kappa shape index (κ2) is 6.81. The van der Waals surface area contributed by atoms with Crippen LogP contribution >= 0.6 is 0 Å². The number of rotatable bonds is 3. The molecule has 0 aromatic carbocycles. The SMILES string of the molecule is CCC(=O)OC1=C2CC[C@@H]3[C@@H](CC[C@]4(C)C(=O)CC(CC)[C@@H]34)[C@@]2(C)CCC1=O. The van der Waals surface area contributed by atoms with Crippen molar-refractivity contribution in [2.24, 2.45) is 34.5 Å². The summed E-state index contributed by atoms with van der Waals surface area (Å²) in [5, 5.41) is 0. The van der Waals surface area contributed by atoms with Gasteiger partial charge in [-0.25, -0.2) is 0 Å². The van der Waals surface area contributed by atoms with Crippen molar-refractivity contribution in [2.45, 2.75) is 85.5 Å². The van der Waals surface area contributed by atoms with E-state index in [0.29, 0.717) is 41.6 Å². The summed E-state index contributed by atoms with van der Waals surface area (Å²) in [5.41, 5.74) is 0.861. The second-order valence-corrected chi connectivity index (χ2v) is 10.1. The molecule has 4 aliphatic rings. The topological polar surface area (TPSA) is 60.4 Å². The molecule has 4 nitrogen and oxygen atoms in total. The second-order valence-electron chi connectivity index (χ2n) is 10.1. The van der Waals surface area contributed by atoms with Crippen LogP contribution in [0, 0.1) is 34.5 Å². The molecular weight excluding hydrogens is 352 g/mol. The molecule has 28 heavy (non-hydrogen) atoms. The number of hydrogen-bond donors (Lipinski definition) is 0. The van der Waals surface area contributed by atoms with Crippen LogP contribution in [0.25, 0.3) is 0 Å². The first kappa shape index (κ1) is 19.8. The van der Waals surface area contributed by atoms with E-state index in [1.807, 2.05) is 0 Å². The molecule has 6 atom stereocenters. The van der Waals surface area contributed by atoms with Crippen LogP contribution < -0.4 is 0 Å². The van der Waals surface area contributed by atoms with Crippen molar-refractivity contribution in [1.82, 2.24) is 0 Å². The van der Waals surface area contributed by atoms with Crippen LogP contribution in [0.3, 0.4) is 0 Å². The van der Waals surface area contributed by atoms with E-state index in [9.17, 15) is 14.4 Å². The molecule has 4 rings (SSSR count). The largest absolute Gasteiger partial charge is 0.423 e. The summed E-state index contributed by atoms with van der Waals surface area (Å²) in [7, 11) is 0. The molecule has 0 bridgehead atoms. The standard InChI is InChI=1S/C24H34O4/c1-5-14-13-19(26)24(4)11-9-16-15(21(14)24)7-8-17-22(28-20(27)6-2)18(25)10-12-23(16,17)3/h14-16,21H,5-13H2,1-4H3/t14?,15-,16-,21+,23-,24-/m1/s1. The van der Waals surface area contributed by atoms with Crippen molar-refractivity contribution in [3.8, 4) is 0 Å². The normalized spacial score (nSPS) is 42.7. The minimum absolute atomic E-state index is 0.00384. The van der Waals surface area contributed by atoms with Gasteiger partial charge in [-0.1, -0.05) is 34.1 Å². The first-order chi connectivity index (χ1) is 13.3. The zero-order valence-electron chi connectivity index (χ0n) is 17.8. The molecule has 0 aromatic rings. The highest BCUT2D eigenvalue weighted by atomic mass is 16.5. The van der Waals surface area contributed by atoms with Crippen LogP contribution in [0.15, 0.2) is 11.3 Å². The monoisotopic (exact) mass is 386 g/mol. The van der Waals surface area contributed by atoms with Crippen LogP contribution in [-0.2, 0) is 19.1 Å². The Morgan fingerprint density at radius 2 is 1.82 bits per heavy atom. The number of hydrogen-bond acceptors (Lipinski definition) is 4. The number of allylic oxidation sites excluding steroid dienone is 1. The quantitative estimate of drug-likeness (QED) is 0.640. The van der Waals surface area contributed by atoms with Gasteiger partial charge in [-0.2, -0.15) is 0 Å². The molecule has 0 N–H and O–H groups in total. The lowest BCUT2D eigenvalue weighted by atomic mass is 9.46. The minimum Gasteiger partial charge on any atom is -0.423 e. The van der Waals surface area contributed by atoms with Gasteiger partial charge in [0.1, 0.15) is 5.78 Å². The molecule has 3 saturated carbocycles. The van der Waals surface area contributed by atoms with Crippen LogP contribution in [0.1, 0.15) is 85.5 Å². The maximum Gasteiger partial charge on any atom is 0.311 e. The van der Waals surface area contributed by atoms with Gasteiger partial charge in [-0.3, -0.25) is 14.4 Å². The van der Waals surface area contributed by atoms with Crippen LogP contribution in [-0.4, -0.2) is 17.5 Å². The van der Waals surface area contributed by atoms with Crippen molar-refractivity contribution in [1.29, 1.82) is 0 Å². The van der Waals surface area contributed by atoms with Crippen molar-refractivity contribution < 1.29 is 19.1 Å². The third-order valence-electron chi connectivity index (χ3n) is 8.94. The van der Waals surface area contributed by atoms with Gasteiger partial charge in [0, 0.05) is 24.7 Å². The zero-order valence-corrected chi connectivity index (χ0v) is 17.8. The highest BCUT2D eigenvalue weighted by Crippen LogP contribution is 2.66. The third kappa shape index (κ3) is 2.66. The van der Waals surface area contributed by atoms with Crippen LogP contribution in [0.5, 0.6) is 0 Å². The maximum atomic E-state index is 12.9. The Kier molecular flexibility index (Phi) is 4.83. The summed E-state index contributed by atoms with van der Waals surface area (Å²) in [6.07, 6.45) is 7.28. The number of fused-ring (bicyclic) bond motifs is 5. The Labute approximate surface area is 168 Å². The summed E-state index contributed by atoms with van der Waals surface area (Å²) >= 11 is 0. The van der Waals surface area contributed by atoms with Gasteiger partial charge in [0.05, 0.1) is 0 Å². The van der Waals surface area contributed by atoms with Gasteiger partial charge >= 0.3 is 5.97 Å². The number of carbonyl (C=O) groups is 3. The minimum atomic E-state index is -0.314. The van der Waals surface area contributed by atoms with E-state index in [0.717, 1.165) is 50.5 Å². The molecule has 0 saturated heterocycles. The van der Waals surface area contributed by atoms with Crippen LogP contribution in [0.2, 0.25) is 0 Å². The fourth-order valence-electron chi connectivity index (χ4n) is 7.41. The predicted octanol–water partition coefficient (Wildman–Crippen LogP) is 5.00. The summed E-state index contributed by atoms with van der Waals surface area (Å²) in [5.74, 6) is 2.52. The number of ketones is 2. The number of ether oxygens (including phenoxy) is 1. The molecule has 4 aliphatic carbocycles. The number of carbonyl (C=O) groups excluding carboxylic acids is 3. The van der Waals surface area contributed by atoms with Gasteiger partial charge in [0.15, 0.2) is 11.5 Å². The third-order valence-corrected chi connectivity index (χ3v) is 8.94. The molecule has 0 aliphatic heterocycles. The molecular formula is C24H34O4. The average Bonchev–Trinajstić information content (AvgIpc) is 2.94. The fraction of sp³-hybridized carbons (Fsp3) is 0.792. The summed E-state index contributed by atoms with van der Waals surface area (Å²) < 4.78 is 5.57. The van der Waals surface area contributed by atoms with E-state index in [-0.39, 0.29) is 29.0 Å². The summed E-state index contributed by atoms with van der Waals surface area (Å²) in [6, 6.07) is 0. The Balaban J connectivity index is 1.72. The number of esters is 1. The van der Waals surface area contributed by atoms with Gasteiger partial charge in [-0.15, -0.1) is 0 Å². The van der Waals surface area contributed by atoms with Crippen LogP contribution in [0.4, 0.5) is 0 Å². The lowest BCUT2D eigenvalue weighted by Gasteiger charge is -2.57. The lowest BCUT2D eigenvalue weighted by molar-refractivity contribution is -0.144. The fourth-order valence-corrected chi connectivity index (χ4v) is 7.41. The molecule has 154 valence electrons. The zero-order chi connectivity index (χ0) is 20.3. The Bertz CT molecular complexity index is 750. The smallest absolute Gasteiger partial charge is 0.311 e. The van der Waals surface area contributed by atoms with Gasteiger partial charge in [0.2, 0.25) is 0 Å². The lowest BCUT2D eigenvalue weighted by Crippen LogP contribution is -2.52. The highest BCUT2D eigenvalue weighted by molar-refractivity contribution is 5.97. The van der Waals surface area contributed by atoms with Gasteiger partial charge in [-0.05, 0) is 66.8 Å². The predicted molar refractivity (Wildman–Crippen MR) is 106 cm³/mol. The number of Topliss-reactive ketones (excluding diaryl/α,β-unsaturated/α-hetero) is 2. The molecule has 0 heterocycles. The van der Waals surface area contributed by atoms with E-state index < -0.39 is 0 Å². The molecule has 0 spiro atoms. The molecule has 0 radical (unpaired) electrons. The highest BCUT2D eigenvalue weighted by Gasteiger charge is 2.62. The first-order valence-corrected chi connectivity index (χ1v) is 11.3. The van der Waals surface area contributed by atoms with Crippen molar-refractivity contribution >= 4 is 17.5 Å². The van der Waals surface area contributed by atoms with E-state index >= 15 is 0 Å². The van der Waals surface area contributed by atoms with Crippen molar-refractivity contribution in [2.75, 3.05) is 0 Å². The Morgan fingerprint density at radius 1 is 1.07 bits per heavy atom. The van der Waals surface area contributed by atoms with Crippen molar-refractivity contribution in [3.63, 3.8) is 0 Å². The maximum absolute atomic E-state index is 12.9. The molecule has 0 amide bonds.